The molecule has 2 aliphatic rings. The summed E-state index contributed by atoms with van der Waals surface area (Å²) in [5.74, 6) is -0.596. The molecular formula is C15H26N2O2. The van der Waals surface area contributed by atoms with Crippen LogP contribution in [0.15, 0.2) is 0 Å². The number of hydrogen-bond donors (Lipinski definition) is 0. The minimum Gasteiger partial charge on any atom is -0.335 e. The molecule has 1 atom stereocenters. The fraction of sp³-hybridized carbons (Fsp3) is 0.867. The van der Waals surface area contributed by atoms with Crippen LogP contribution in [0, 0.1) is 0 Å². The number of amides is 2. The maximum Gasteiger partial charge on any atom is 0.312 e. The van der Waals surface area contributed by atoms with Crippen molar-refractivity contribution < 1.29 is 9.59 Å². The molecule has 2 amide bonds. The molecule has 4 heteroatoms. The van der Waals surface area contributed by atoms with E-state index in [-0.39, 0.29) is 23.9 Å². The van der Waals surface area contributed by atoms with Gasteiger partial charge in [-0.1, -0.05) is 19.3 Å². The number of carbonyl (C=O) groups excluding carboxylic acids is 2. The highest BCUT2D eigenvalue weighted by molar-refractivity contribution is 6.35. The van der Waals surface area contributed by atoms with Gasteiger partial charge in [-0.25, -0.2) is 0 Å². The van der Waals surface area contributed by atoms with Crippen LogP contribution in [0.25, 0.3) is 0 Å². The van der Waals surface area contributed by atoms with E-state index in [0.29, 0.717) is 0 Å². The van der Waals surface area contributed by atoms with E-state index >= 15 is 0 Å². The highest BCUT2D eigenvalue weighted by Gasteiger charge is 2.32. The topological polar surface area (TPSA) is 40.6 Å². The molecule has 0 radical (unpaired) electrons. The largest absolute Gasteiger partial charge is 0.335 e. The smallest absolute Gasteiger partial charge is 0.312 e. The van der Waals surface area contributed by atoms with Crippen LogP contribution in [0.4, 0.5) is 0 Å². The lowest BCUT2D eigenvalue weighted by Gasteiger charge is -2.36. The first-order chi connectivity index (χ1) is 9.11. The normalized spacial score (nSPS) is 25.2. The minimum absolute atomic E-state index is 0.213. The quantitative estimate of drug-likeness (QED) is 0.683. The molecule has 1 saturated heterocycles. The van der Waals surface area contributed by atoms with E-state index in [1.54, 1.807) is 16.8 Å². The van der Waals surface area contributed by atoms with Crippen molar-refractivity contribution in [2.75, 3.05) is 13.6 Å². The molecule has 19 heavy (non-hydrogen) atoms. The van der Waals surface area contributed by atoms with E-state index in [0.717, 1.165) is 38.6 Å². The molecule has 0 aromatic heterocycles. The van der Waals surface area contributed by atoms with Gasteiger partial charge in [-0.2, -0.15) is 0 Å². The lowest BCUT2D eigenvalue weighted by Crippen LogP contribution is -2.51. The first kappa shape index (κ1) is 14.4. The Labute approximate surface area is 116 Å². The van der Waals surface area contributed by atoms with Gasteiger partial charge in [0.15, 0.2) is 0 Å². The lowest BCUT2D eigenvalue weighted by molar-refractivity contribution is -0.154. The first-order valence-electron chi connectivity index (χ1n) is 7.69. The SMILES string of the molecule is CC1CCCCN1C(=O)C(=O)N(C)C1CCCCC1. The Bertz CT molecular complexity index is 337. The van der Waals surface area contributed by atoms with Crippen molar-refractivity contribution in [1.82, 2.24) is 9.80 Å². The summed E-state index contributed by atoms with van der Waals surface area (Å²) >= 11 is 0. The lowest BCUT2D eigenvalue weighted by atomic mass is 9.94. The van der Waals surface area contributed by atoms with Crippen LogP contribution in [0.1, 0.15) is 58.3 Å². The second-order valence-corrected chi connectivity index (χ2v) is 6.05. The van der Waals surface area contributed by atoms with Gasteiger partial charge in [0, 0.05) is 25.7 Å². The Morgan fingerprint density at radius 3 is 2.26 bits per heavy atom. The van der Waals surface area contributed by atoms with Crippen LogP contribution in [0.2, 0.25) is 0 Å². The zero-order valence-corrected chi connectivity index (χ0v) is 12.2. The molecule has 1 unspecified atom stereocenters. The predicted octanol–water partition coefficient (Wildman–Crippen LogP) is 2.18. The summed E-state index contributed by atoms with van der Waals surface area (Å²) in [5.41, 5.74) is 0. The fourth-order valence-corrected chi connectivity index (χ4v) is 3.31. The molecule has 1 heterocycles. The van der Waals surface area contributed by atoms with Crippen LogP contribution >= 0.6 is 0 Å². The van der Waals surface area contributed by atoms with Gasteiger partial charge in [-0.05, 0) is 39.0 Å². The monoisotopic (exact) mass is 266 g/mol. The minimum atomic E-state index is -0.305. The number of carbonyl (C=O) groups is 2. The molecule has 2 rings (SSSR count). The predicted molar refractivity (Wildman–Crippen MR) is 74.7 cm³/mol. The van der Waals surface area contributed by atoms with E-state index in [2.05, 4.69) is 0 Å². The van der Waals surface area contributed by atoms with E-state index in [1.807, 2.05) is 6.92 Å². The molecule has 1 saturated carbocycles. The first-order valence-corrected chi connectivity index (χ1v) is 7.69. The molecule has 0 spiro atoms. The van der Waals surface area contributed by atoms with Gasteiger partial charge in [0.25, 0.3) is 0 Å². The zero-order valence-electron chi connectivity index (χ0n) is 12.2. The van der Waals surface area contributed by atoms with E-state index in [9.17, 15) is 9.59 Å². The summed E-state index contributed by atoms with van der Waals surface area (Å²) in [6, 6.07) is 0.482. The standard InChI is InChI=1S/C15H26N2O2/c1-12-8-6-7-11-17(12)15(19)14(18)16(2)13-9-4-3-5-10-13/h12-13H,3-11H2,1-2H3. The summed E-state index contributed by atoms with van der Waals surface area (Å²) in [5, 5.41) is 0. The van der Waals surface area contributed by atoms with E-state index in [4.69, 9.17) is 0 Å². The number of nitrogens with zero attached hydrogens (tertiary/aromatic N) is 2. The number of piperidine rings is 1. The molecule has 1 aliphatic heterocycles. The van der Waals surface area contributed by atoms with Gasteiger partial charge in [0.05, 0.1) is 0 Å². The fourth-order valence-electron chi connectivity index (χ4n) is 3.31. The van der Waals surface area contributed by atoms with Gasteiger partial charge in [-0.15, -0.1) is 0 Å². The van der Waals surface area contributed by atoms with Crippen molar-refractivity contribution >= 4 is 11.8 Å². The zero-order chi connectivity index (χ0) is 13.8. The second-order valence-electron chi connectivity index (χ2n) is 6.05. The van der Waals surface area contributed by atoms with Gasteiger partial charge in [0.2, 0.25) is 0 Å². The van der Waals surface area contributed by atoms with Crippen molar-refractivity contribution in [1.29, 1.82) is 0 Å². The van der Waals surface area contributed by atoms with Crippen molar-refractivity contribution in [2.45, 2.75) is 70.4 Å². The van der Waals surface area contributed by atoms with Crippen LogP contribution in [-0.2, 0) is 9.59 Å². The van der Waals surface area contributed by atoms with Gasteiger partial charge >= 0.3 is 11.8 Å². The number of hydrogen-bond acceptors (Lipinski definition) is 2. The Balaban J connectivity index is 1.95. The molecule has 0 aromatic rings. The molecule has 2 fully saturated rings. The van der Waals surface area contributed by atoms with Gasteiger partial charge in [0.1, 0.15) is 0 Å². The highest BCUT2D eigenvalue weighted by atomic mass is 16.2. The van der Waals surface area contributed by atoms with Gasteiger partial charge < -0.3 is 9.80 Å². The number of likely N-dealkylation sites (N-methyl/N-ethyl adjacent to an activating group) is 1. The van der Waals surface area contributed by atoms with Crippen molar-refractivity contribution in [2.24, 2.45) is 0 Å². The van der Waals surface area contributed by atoms with Crippen LogP contribution in [0.3, 0.4) is 0 Å². The Morgan fingerprint density at radius 2 is 1.63 bits per heavy atom. The highest BCUT2D eigenvalue weighted by Crippen LogP contribution is 2.23. The summed E-state index contributed by atoms with van der Waals surface area (Å²) < 4.78 is 0. The average Bonchev–Trinajstić information content (AvgIpc) is 2.46. The maximum absolute atomic E-state index is 12.3. The molecular weight excluding hydrogens is 240 g/mol. The van der Waals surface area contributed by atoms with Crippen LogP contribution < -0.4 is 0 Å². The van der Waals surface area contributed by atoms with Crippen molar-refractivity contribution in [3.05, 3.63) is 0 Å². The molecule has 1 aliphatic carbocycles. The molecule has 0 N–H and O–H groups in total. The summed E-state index contributed by atoms with van der Waals surface area (Å²) in [6.07, 6.45) is 8.92. The summed E-state index contributed by atoms with van der Waals surface area (Å²) in [6.45, 7) is 2.79. The second kappa shape index (κ2) is 6.40. The molecule has 0 bridgehead atoms. The van der Waals surface area contributed by atoms with E-state index < -0.39 is 0 Å². The van der Waals surface area contributed by atoms with Crippen molar-refractivity contribution in [3.8, 4) is 0 Å². The maximum atomic E-state index is 12.3. The molecule has 108 valence electrons. The number of rotatable bonds is 1. The third-order valence-corrected chi connectivity index (χ3v) is 4.69. The van der Waals surface area contributed by atoms with Crippen LogP contribution in [0.5, 0.6) is 0 Å². The molecule has 4 nitrogen and oxygen atoms in total. The Morgan fingerprint density at radius 1 is 1.00 bits per heavy atom. The van der Waals surface area contributed by atoms with E-state index in [1.165, 1.54) is 19.3 Å². The van der Waals surface area contributed by atoms with Crippen molar-refractivity contribution in [3.63, 3.8) is 0 Å². The van der Waals surface area contributed by atoms with Gasteiger partial charge in [-0.3, -0.25) is 9.59 Å². The Hall–Kier alpha value is -1.06. The average molecular weight is 266 g/mol. The third-order valence-electron chi connectivity index (χ3n) is 4.69. The third kappa shape index (κ3) is 3.28. The summed E-state index contributed by atoms with van der Waals surface area (Å²) in [4.78, 5) is 28.1. The molecule has 0 aromatic carbocycles. The number of likely N-dealkylation sites (tertiary alicyclic amines) is 1. The van der Waals surface area contributed by atoms with Crippen LogP contribution in [-0.4, -0.2) is 47.3 Å². The Kier molecular flexibility index (Phi) is 4.83. The summed E-state index contributed by atoms with van der Waals surface area (Å²) in [7, 11) is 1.80.